The topological polar surface area (TPSA) is 30.5 Å². The normalized spacial score (nSPS) is 13.9. The molecule has 0 radical (unpaired) electrons. The van der Waals surface area contributed by atoms with E-state index in [4.69, 9.17) is 9.47 Å². The first-order valence-corrected chi connectivity index (χ1v) is 7.89. The molecule has 0 aliphatic heterocycles. The van der Waals surface area contributed by atoms with Crippen LogP contribution in [0.1, 0.15) is 31.9 Å². The number of rotatable bonds is 8. The van der Waals surface area contributed by atoms with Gasteiger partial charge in [0, 0.05) is 11.3 Å². The molecule has 0 aromatic heterocycles. The highest BCUT2D eigenvalue weighted by Crippen LogP contribution is 2.29. The standard InChI is InChI=1S/C15H25NO2S/c1-11(19-5)8-9-16-12(2)13-6-7-14(17-3)15(10-13)18-4/h6-7,10-12,16H,8-9H2,1-5H3. The molecule has 0 bridgehead atoms. The minimum Gasteiger partial charge on any atom is -0.493 e. The molecule has 0 heterocycles. The molecular weight excluding hydrogens is 258 g/mol. The molecule has 0 saturated heterocycles. The van der Waals surface area contributed by atoms with E-state index < -0.39 is 0 Å². The SMILES string of the molecule is COc1ccc(C(C)NCCC(C)SC)cc1OC. The van der Waals surface area contributed by atoms with E-state index in [1.165, 1.54) is 12.0 Å². The second kappa shape index (κ2) is 8.33. The number of hydrogen-bond acceptors (Lipinski definition) is 4. The summed E-state index contributed by atoms with van der Waals surface area (Å²) >= 11 is 1.91. The van der Waals surface area contributed by atoms with Gasteiger partial charge in [-0.25, -0.2) is 0 Å². The quantitative estimate of drug-likeness (QED) is 0.791. The van der Waals surface area contributed by atoms with E-state index in [0.29, 0.717) is 11.3 Å². The monoisotopic (exact) mass is 283 g/mol. The van der Waals surface area contributed by atoms with Crippen molar-refractivity contribution >= 4 is 11.8 Å². The molecule has 2 atom stereocenters. The Kier molecular flexibility index (Phi) is 7.10. The second-order valence-electron chi connectivity index (χ2n) is 4.63. The highest BCUT2D eigenvalue weighted by molar-refractivity contribution is 7.99. The number of thioether (sulfide) groups is 1. The van der Waals surface area contributed by atoms with Gasteiger partial charge in [0.15, 0.2) is 11.5 Å². The van der Waals surface area contributed by atoms with Gasteiger partial charge in [-0.1, -0.05) is 13.0 Å². The molecule has 0 aliphatic rings. The van der Waals surface area contributed by atoms with Crippen LogP contribution in [0.4, 0.5) is 0 Å². The van der Waals surface area contributed by atoms with Crippen LogP contribution in [0.15, 0.2) is 18.2 Å². The number of hydrogen-bond donors (Lipinski definition) is 1. The smallest absolute Gasteiger partial charge is 0.161 e. The molecule has 1 aromatic carbocycles. The average Bonchev–Trinajstić information content (AvgIpc) is 2.45. The first-order valence-electron chi connectivity index (χ1n) is 6.60. The lowest BCUT2D eigenvalue weighted by molar-refractivity contribution is 0.354. The Morgan fingerprint density at radius 2 is 1.84 bits per heavy atom. The van der Waals surface area contributed by atoms with Crippen LogP contribution in [0.5, 0.6) is 11.5 Å². The number of ether oxygens (including phenoxy) is 2. The number of nitrogens with one attached hydrogen (secondary N) is 1. The van der Waals surface area contributed by atoms with Crippen molar-refractivity contribution in [3.63, 3.8) is 0 Å². The van der Waals surface area contributed by atoms with Gasteiger partial charge in [0.1, 0.15) is 0 Å². The minimum absolute atomic E-state index is 0.314. The predicted molar refractivity (Wildman–Crippen MR) is 83.6 cm³/mol. The van der Waals surface area contributed by atoms with Crippen LogP contribution in [0.2, 0.25) is 0 Å². The molecule has 0 saturated carbocycles. The van der Waals surface area contributed by atoms with Crippen LogP contribution >= 0.6 is 11.8 Å². The Morgan fingerprint density at radius 3 is 2.42 bits per heavy atom. The Labute approximate surface area is 121 Å². The fourth-order valence-corrected chi connectivity index (χ4v) is 2.21. The third-order valence-corrected chi connectivity index (χ3v) is 4.35. The van der Waals surface area contributed by atoms with Gasteiger partial charge in [0.05, 0.1) is 14.2 Å². The molecule has 0 aliphatic carbocycles. The van der Waals surface area contributed by atoms with Gasteiger partial charge in [-0.2, -0.15) is 11.8 Å². The summed E-state index contributed by atoms with van der Waals surface area (Å²) < 4.78 is 10.6. The summed E-state index contributed by atoms with van der Waals surface area (Å²) in [5.74, 6) is 1.56. The zero-order valence-electron chi connectivity index (χ0n) is 12.5. The molecule has 0 fully saturated rings. The van der Waals surface area contributed by atoms with Crippen molar-refractivity contribution in [2.75, 3.05) is 27.0 Å². The highest BCUT2D eigenvalue weighted by atomic mass is 32.2. The largest absolute Gasteiger partial charge is 0.493 e. The zero-order chi connectivity index (χ0) is 14.3. The van der Waals surface area contributed by atoms with Crippen LogP contribution < -0.4 is 14.8 Å². The van der Waals surface area contributed by atoms with Gasteiger partial charge in [-0.05, 0) is 43.8 Å². The summed E-state index contributed by atoms with van der Waals surface area (Å²) in [6, 6.07) is 6.39. The van der Waals surface area contributed by atoms with Crippen molar-refractivity contribution in [3.8, 4) is 11.5 Å². The molecule has 0 spiro atoms. The molecule has 0 amide bonds. The molecule has 19 heavy (non-hydrogen) atoms. The van der Waals surface area contributed by atoms with Crippen LogP contribution in [0.25, 0.3) is 0 Å². The highest BCUT2D eigenvalue weighted by Gasteiger charge is 2.10. The van der Waals surface area contributed by atoms with Crippen LogP contribution in [0.3, 0.4) is 0 Å². The van der Waals surface area contributed by atoms with Gasteiger partial charge in [-0.3, -0.25) is 0 Å². The third-order valence-electron chi connectivity index (χ3n) is 3.31. The van der Waals surface area contributed by atoms with E-state index in [1.807, 2.05) is 23.9 Å². The van der Waals surface area contributed by atoms with Crippen molar-refractivity contribution in [2.24, 2.45) is 0 Å². The average molecular weight is 283 g/mol. The molecule has 1 N–H and O–H groups in total. The Bertz CT molecular complexity index is 384. The first-order chi connectivity index (χ1) is 9.12. The van der Waals surface area contributed by atoms with Crippen molar-refractivity contribution in [2.45, 2.75) is 31.6 Å². The maximum absolute atomic E-state index is 5.33. The zero-order valence-corrected chi connectivity index (χ0v) is 13.3. The Balaban J connectivity index is 2.59. The maximum atomic E-state index is 5.33. The van der Waals surface area contributed by atoms with E-state index in [0.717, 1.165) is 18.0 Å². The van der Waals surface area contributed by atoms with Gasteiger partial charge in [0.25, 0.3) is 0 Å². The second-order valence-corrected chi connectivity index (χ2v) is 5.90. The number of methoxy groups -OCH3 is 2. The van der Waals surface area contributed by atoms with Crippen LogP contribution in [-0.4, -0.2) is 32.3 Å². The van der Waals surface area contributed by atoms with Gasteiger partial charge < -0.3 is 14.8 Å². The van der Waals surface area contributed by atoms with Crippen molar-refractivity contribution in [1.29, 1.82) is 0 Å². The van der Waals surface area contributed by atoms with Crippen LogP contribution in [-0.2, 0) is 0 Å². The molecule has 1 aromatic rings. The molecule has 2 unspecified atom stereocenters. The van der Waals surface area contributed by atoms with Gasteiger partial charge in [0.2, 0.25) is 0 Å². The van der Waals surface area contributed by atoms with Gasteiger partial charge >= 0.3 is 0 Å². The summed E-state index contributed by atoms with van der Waals surface area (Å²) in [7, 11) is 3.32. The van der Waals surface area contributed by atoms with E-state index >= 15 is 0 Å². The third kappa shape index (κ3) is 4.96. The molecule has 1 rings (SSSR count). The number of benzene rings is 1. The summed E-state index contributed by atoms with van der Waals surface area (Å²) in [4.78, 5) is 0. The Hall–Kier alpha value is -0.870. The summed E-state index contributed by atoms with van der Waals surface area (Å²) in [6.45, 7) is 5.45. The van der Waals surface area contributed by atoms with Crippen molar-refractivity contribution in [3.05, 3.63) is 23.8 Å². The van der Waals surface area contributed by atoms with Crippen LogP contribution in [0, 0.1) is 0 Å². The van der Waals surface area contributed by atoms with E-state index in [9.17, 15) is 0 Å². The van der Waals surface area contributed by atoms with E-state index in [2.05, 4.69) is 31.5 Å². The molecule has 4 heteroatoms. The molecule has 3 nitrogen and oxygen atoms in total. The first kappa shape index (κ1) is 16.2. The lowest BCUT2D eigenvalue weighted by Crippen LogP contribution is -2.21. The fraction of sp³-hybridized carbons (Fsp3) is 0.600. The molecular formula is C15H25NO2S. The van der Waals surface area contributed by atoms with Gasteiger partial charge in [-0.15, -0.1) is 0 Å². The fourth-order valence-electron chi connectivity index (χ4n) is 1.86. The van der Waals surface area contributed by atoms with E-state index in [-0.39, 0.29) is 0 Å². The maximum Gasteiger partial charge on any atom is 0.161 e. The summed E-state index contributed by atoms with van der Waals surface area (Å²) in [5.41, 5.74) is 1.22. The lowest BCUT2D eigenvalue weighted by Gasteiger charge is -2.17. The lowest BCUT2D eigenvalue weighted by atomic mass is 10.1. The summed E-state index contributed by atoms with van der Waals surface area (Å²) in [6.07, 6.45) is 3.33. The van der Waals surface area contributed by atoms with Crippen molar-refractivity contribution < 1.29 is 9.47 Å². The minimum atomic E-state index is 0.314. The van der Waals surface area contributed by atoms with Crippen molar-refractivity contribution in [1.82, 2.24) is 5.32 Å². The summed E-state index contributed by atoms with van der Waals surface area (Å²) in [5, 5.41) is 4.24. The Morgan fingerprint density at radius 1 is 1.16 bits per heavy atom. The molecule has 108 valence electrons. The van der Waals surface area contributed by atoms with E-state index in [1.54, 1.807) is 14.2 Å². The predicted octanol–water partition coefficient (Wildman–Crippen LogP) is 3.50.